The van der Waals surface area contributed by atoms with Gasteiger partial charge in [0.2, 0.25) is 0 Å². The normalized spacial score (nSPS) is 39.2. The molecule has 15 heavy (non-hydrogen) atoms. The van der Waals surface area contributed by atoms with E-state index in [0.29, 0.717) is 5.54 Å². The highest BCUT2D eigenvalue weighted by Gasteiger charge is 2.39. The minimum atomic E-state index is 0.479. The van der Waals surface area contributed by atoms with E-state index in [4.69, 9.17) is 0 Å². The van der Waals surface area contributed by atoms with Crippen LogP contribution >= 0.6 is 0 Å². The second-order valence-electron chi connectivity index (χ2n) is 5.49. The Hall–Kier alpha value is -0.0800. The third-order valence-electron chi connectivity index (χ3n) is 4.56. The molecule has 2 aliphatic heterocycles. The van der Waals surface area contributed by atoms with Gasteiger partial charge in [0.25, 0.3) is 0 Å². The average Bonchev–Trinajstić information content (AvgIpc) is 2.30. The molecule has 0 aromatic carbocycles. The standard InChI is InChI=1S/C13H26N2/c1-3-13(8-4-5-9-14-13)12-7-6-10-15(2)11-12/h12,14H,3-11H2,1-2H3. The zero-order chi connectivity index (χ0) is 10.7. The fraction of sp³-hybridized carbons (Fsp3) is 1.00. The van der Waals surface area contributed by atoms with Crippen LogP contribution in [-0.4, -0.2) is 37.1 Å². The molecule has 0 aliphatic carbocycles. The molecule has 88 valence electrons. The van der Waals surface area contributed by atoms with Crippen LogP contribution < -0.4 is 5.32 Å². The molecule has 1 N–H and O–H groups in total. The van der Waals surface area contributed by atoms with E-state index in [0.717, 1.165) is 5.92 Å². The lowest BCUT2D eigenvalue weighted by atomic mass is 9.72. The smallest absolute Gasteiger partial charge is 0.0219 e. The van der Waals surface area contributed by atoms with Crippen molar-refractivity contribution >= 4 is 0 Å². The van der Waals surface area contributed by atoms with Gasteiger partial charge in [0.05, 0.1) is 0 Å². The summed E-state index contributed by atoms with van der Waals surface area (Å²) in [5, 5.41) is 3.85. The quantitative estimate of drug-likeness (QED) is 0.752. The predicted octanol–water partition coefficient (Wildman–Crippen LogP) is 2.25. The van der Waals surface area contributed by atoms with E-state index in [9.17, 15) is 0 Å². The number of piperidine rings is 2. The molecule has 2 rings (SSSR count). The van der Waals surface area contributed by atoms with E-state index in [-0.39, 0.29) is 0 Å². The highest BCUT2D eigenvalue weighted by molar-refractivity contribution is 4.97. The second-order valence-corrected chi connectivity index (χ2v) is 5.49. The first-order valence-electron chi connectivity index (χ1n) is 6.70. The van der Waals surface area contributed by atoms with Gasteiger partial charge in [-0.15, -0.1) is 0 Å². The molecule has 0 amide bonds. The highest BCUT2D eigenvalue weighted by atomic mass is 15.1. The second kappa shape index (κ2) is 4.84. The van der Waals surface area contributed by atoms with Crippen molar-refractivity contribution in [1.82, 2.24) is 10.2 Å². The molecule has 2 atom stereocenters. The number of likely N-dealkylation sites (tertiary alicyclic amines) is 1. The van der Waals surface area contributed by atoms with Gasteiger partial charge in [-0.2, -0.15) is 0 Å². The fourth-order valence-corrected chi connectivity index (χ4v) is 3.55. The number of nitrogens with one attached hydrogen (secondary N) is 1. The Kier molecular flexibility index (Phi) is 3.68. The van der Waals surface area contributed by atoms with Crippen LogP contribution in [-0.2, 0) is 0 Å². The Morgan fingerprint density at radius 2 is 2.20 bits per heavy atom. The average molecular weight is 210 g/mol. The molecule has 2 fully saturated rings. The van der Waals surface area contributed by atoms with Crippen molar-refractivity contribution < 1.29 is 0 Å². The Balaban J connectivity index is 2.03. The van der Waals surface area contributed by atoms with Crippen molar-refractivity contribution in [2.75, 3.05) is 26.7 Å². The maximum atomic E-state index is 3.85. The fourth-order valence-electron chi connectivity index (χ4n) is 3.55. The third kappa shape index (κ3) is 2.36. The van der Waals surface area contributed by atoms with Crippen LogP contribution in [0, 0.1) is 5.92 Å². The van der Waals surface area contributed by atoms with Crippen molar-refractivity contribution in [3.8, 4) is 0 Å². The minimum absolute atomic E-state index is 0.479. The summed E-state index contributed by atoms with van der Waals surface area (Å²) in [6, 6.07) is 0. The molecule has 2 nitrogen and oxygen atoms in total. The van der Waals surface area contributed by atoms with Gasteiger partial charge in [0.1, 0.15) is 0 Å². The summed E-state index contributed by atoms with van der Waals surface area (Å²) >= 11 is 0. The highest BCUT2D eigenvalue weighted by Crippen LogP contribution is 2.35. The molecule has 0 bridgehead atoms. The van der Waals surface area contributed by atoms with Gasteiger partial charge in [-0.25, -0.2) is 0 Å². The van der Waals surface area contributed by atoms with E-state index in [1.165, 1.54) is 58.2 Å². The lowest BCUT2D eigenvalue weighted by molar-refractivity contribution is 0.0839. The van der Waals surface area contributed by atoms with Crippen LogP contribution in [0.25, 0.3) is 0 Å². The molecule has 0 saturated carbocycles. The van der Waals surface area contributed by atoms with Gasteiger partial charge in [0, 0.05) is 12.1 Å². The van der Waals surface area contributed by atoms with Crippen LogP contribution in [0.5, 0.6) is 0 Å². The molecule has 0 spiro atoms. The van der Waals surface area contributed by atoms with Crippen molar-refractivity contribution in [3.63, 3.8) is 0 Å². The molecule has 2 saturated heterocycles. The first-order chi connectivity index (χ1) is 7.27. The first kappa shape index (κ1) is 11.4. The molecule has 0 aromatic rings. The maximum Gasteiger partial charge on any atom is 0.0219 e. The number of hydrogen-bond donors (Lipinski definition) is 1. The molecule has 0 radical (unpaired) electrons. The monoisotopic (exact) mass is 210 g/mol. The topological polar surface area (TPSA) is 15.3 Å². The zero-order valence-corrected chi connectivity index (χ0v) is 10.4. The maximum absolute atomic E-state index is 3.85. The minimum Gasteiger partial charge on any atom is -0.311 e. The van der Waals surface area contributed by atoms with E-state index in [1.54, 1.807) is 0 Å². The van der Waals surface area contributed by atoms with Gasteiger partial charge < -0.3 is 10.2 Å². The summed E-state index contributed by atoms with van der Waals surface area (Å²) < 4.78 is 0. The van der Waals surface area contributed by atoms with E-state index in [1.807, 2.05) is 0 Å². The molecule has 2 unspecified atom stereocenters. The first-order valence-corrected chi connectivity index (χ1v) is 6.70. The van der Waals surface area contributed by atoms with Crippen molar-refractivity contribution in [2.24, 2.45) is 5.92 Å². The molecule has 2 heterocycles. The van der Waals surface area contributed by atoms with Gasteiger partial charge >= 0.3 is 0 Å². The molecule has 2 aliphatic rings. The van der Waals surface area contributed by atoms with E-state index < -0.39 is 0 Å². The van der Waals surface area contributed by atoms with Gasteiger partial charge in [-0.1, -0.05) is 13.3 Å². The summed E-state index contributed by atoms with van der Waals surface area (Å²) in [7, 11) is 2.28. The summed E-state index contributed by atoms with van der Waals surface area (Å²) in [5.74, 6) is 0.890. The summed E-state index contributed by atoms with van der Waals surface area (Å²) in [4.78, 5) is 2.52. The van der Waals surface area contributed by atoms with Crippen molar-refractivity contribution in [2.45, 2.75) is 51.0 Å². The summed E-state index contributed by atoms with van der Waals surface area (Å²) in [6.07, 6.45) is 8.36. The van der Waals surface area contributed by atoms with Crippen LogP contribution in [0.1, 0.15) is 45.4 Å². The van der Waals surface area contributed by atoms with E-state index >= 15 is 0 Å². The Bertz CT molecular complexity index is 197. The molecule has 2 heteroatoms. The third-order valence-corrected chi connectivity index (χ3v) is 4.56. The summed E-state index contributed by atoms with van der Waals surface area (Å²) in [5.41, 5.74) is 0.479. The van der Waals surface area contributed by atoms with Crippen molar-refractivity contribution in [1.29, 1.82) is 0 Å². The molecular formula is C13H26N2. The number of hydrogen-bond acceptors (Lipinski definition) is 2. The van der Waals surface area contributed by atoms with E-state index in [2.05, 4.69) is 24.2 Å². The van der Waals surface area contributed by atoms with Gasteiger partial charge in [-0.05, 0) is 58.2 Å². The van der Waals surface area contributed by atoms with Gasteiger partial charge in [-0.3, -0.25) is 0 Å². The Morgan fingerprint density at radius 1 is 1.33 bits per heavy atom. The zero-order valence-electron chi connectivity index (χ0n) is 10.4. The number of rotatable bonds is 2. The van der Waals surface area contributed by atoms with Gasteiger partial charge in [0.15, 0.2) is 0 Å². The molecule has 0 aromatic heterocycles. The van der Waals surface area contributed by atoms with Crippen molar-refractivity contribution in [3.05, 3.63) is 0 Å². The van der Waals surface area contributed by atoms with Crippen LogP contribution in [0.4, 0.5) is 0 Å². The Labute approximate surface area is 94.4 Å². The van der Waals surface area contributed by atoms with Crippen LogP contribution in [0.3, 0.4) is 0 Å². The molecular weight excluding hydrogens is 184 g/mol. The summed E-state index contributed by atoms with van der Waals surface area (Å²) in [6.45, 7) is 6.22. The lowest BCUT2D eigenvalue weighted by Crippen LogP contribution is -2.57. The Morgan fingerprint density at radius 3 is 2.80 bits per heavy atom. The van der Waals surface area contributed by atoms with Crippen LogP contribution in [0.2, 0.25) is 0 Å². The largest absolute Gasteiger partial charge is 0.311 e. The number of nitrogens with zero attached hydrogens (tertiary/aromatic N) is 1. The predicted molar refractivity (Wildman–Crippen MR) is 65.1 cm³/mol. The SMILES string of the molecule is CCC1(C2CCCN(C)C2)CCCCN1. The van der Waals surface area contributed by atoms with Crippen LogP contribution in [0.15, 0.2) is 0 Å². The lowest BCUT2D eigenvalue weighted by Gasteiger charge is -2.47.